The maximum Gasteiger partial charge on any atom is 0.315 e. The average Bonchev–Trinajstić information content (AvgIpc) is 4.06. The van der Waals surface area contributed by atoms with E-state index in [0.29, 0.717) is 25.8 Å². The average molecular weight is 747 g/mol. The number of piperidine rings is 1. The highest BCUT2D eigenvalue weighted by Crippen LogP contribution is 2.65. The van der Waals surface area contributed by atoms with Crippen molar-refractivity contribution < 1.29 is 32.4 Å². The summed E-state index contributed by atoms with van der Waals surface area (Å²) in [5.41, 5.74) is -1.76. The Bertz CT molecular complexity index is 1530. The summed E-state index contributed by atoms with van der Waals surface area (Å²) in [7, 11) is -0.702. The van der Waals surface area contributed by atoms with Crippen molar-refractivity contribution in [3.8, 4) is 0 Å². The fourth-order valence-corrected chi connectivity index (χ4v) is 11.3. The first-order chi connectivity index (χ1) is 24.4. The van der Waals surface area contributed by atoms with Crippen LogP contribution in [0.15, 0.2) is 0 Å². The van der Waals surface area contributed by atoms with E-state index < -0.39 is 68.0 Å². The monoisotopic (exact) mass is 746 g/mol. The lowest BCUT2D eigenvalue weighted by molar-refractivity contribution is -0.146. The number of carbonyl (C=O) groups excluding carboxylic acids is 5. The SMILES string of the molecule is C[C@H](C1(NC(=O)N[C@H](C(=O)N2C[C@H]3[C@@H]([C@H]2C(=O)N[C@@H](CC2CC2)C(=O)C(=O)NC2CC2)C3(C)C)C2(C)CCCCC2)CCCCC1)S(=O)(=O)N(C)C. The van der Waals surface area contributed by atoms with Gasteiger partial charge in [-0.15, -0.1) is 0 Å². The Kier molecular flexibility index (Phi) is 10.9. The standard InChI is InChI=1S/C38H62N6O7S/c1-23(52(50,51)43(5)6)38(19-11-8-12-20-38)42-35(49)41-31(37(4)17-9-7-10-18-37)34(48)44-22-26-28(36(26,2)3)29(44)32(46)40-27(21-24-13-14-24)30(45)33(47)39-25-15-16-25/h23-29,31H,7-22H2,1-6H3,(H,39,47)(H,40,46)(H2,41,42,49)/t23-,26+,27+,28+,29+,31-/m1/s1. The quantitative estimate of drug-likeness (QED) is 0.198. The van der Waals surface area contributed by atoms with Crippen molar-refractivity contribution in [3.63, 3.8) is 0 Å². The van der Waals surface area contributed by atoms with Gasteiger partial charge in [-0.2, -0.15) is 0 Å². The predicted molar refractivity (Wildman–Crippen MR) is 196 cm³/mol. The first-order valence-corrected chi connectivity index (χ1v) is 21.4. The largest absolute Gasteiger partial charge is 0.347 e. The Morgan fingerprint density at radius 3 is 2.00 bits per heavy atom. The van der Waals surface area contributed by atoms with E-state index >= 15 is 0 Å². The van der Waals surface area contributed by atoms with Crippen LogP contribution in [0.3, 0.4) is 0 Å². The minimum Gasteiger partial charge on any atom is -0.347 e. The van der Waals surface area contributed by atoms with Crippen molar-refractivity contribution >= 4 is 39.6 Å². The summed E-state index contributed by atoms with van der Waals surface area (Å²) in [5.74, 6) is -1.82. The van der Waals surface area contributed by atoms with Gasteiger partial charge in [0.2, 0.25) is 27.6 Å². The molecule has 5 saturated carbocycles. The normalized spacial score (nSPS) is 29.2. The fraction of sp³-hybridized carbons (Fsp3) is 0.868. The summed E-state index contributed by atoms with van der Waals surface area (Å²) in [6.45, 7) is 8.24. The number of carbonyl (C=O) groups is 5. The highest BCUT2D eigenvalue weighted by molar-refractivity contribution is 7.89. The molecule has 14 heteroatoms. The first kappa shape index (κ1) is 39.0. The van der Waals surface area contributed by atoms with E-state index in [1.54, 1.807) is 11.8 Å². The van der Waals surface area contributed by atoms with Crippen molar-refractivity contribution in [2.24, 2.45) is 28.6 Å². The lowest BCUT2D eigenvalue weighted by Gasteiger charge is -2.45. The molecule has 6 rings (SSSR count). The van der Waals surface area contributed by atoms with Crippen molar-refractivity contribution in [1.82, 2.24) is 30.5 Å². The third-order valence-corrected chi connectivity index (χ3v) is 16.2. The molecular formula is C38H62N6O7S. The molecule has 52 heavy (non-hydrogen) atoms. The van der Waals surface area contributed by atoms with E-state index in [1.165, 1.54) is 18.4 Å². The number of nitrogens with zero attached hydrogens (tertiary/aromatic N) is 2. The minimum absolute atomic E-state index is 0.0149. The zero-order valence-electron chi connectivity index (χ0n) is 32.1. The van der Waals surface area contributed by atoms with Crippen LogP contribution in [0.5, 0.6) is 0 Å². The molecule has 6 aliphatic rings. The molecule has 0 bridgehead atoms. The molecule has 1 heterocycles. The number of hydrogen-bond acceptors (Lipinski definition) is 7. The molecule has 0 unspecified atom stereocenters. The molecule has 1 aliphatic heterocycles. The summed E-state index contributed by atoms with van der Waals surface area (Å²) >= 11 is 0. The van der Waals surface area contributed by atoms with Crippen LogP contribution in [-0.2, 0) is 29.2 Å². The molecule has 5 aliphatic carbocycles. The molecule has 13 nitrogen and oxygen atoms in total. The van der Waals surface area contributed by atoms with Gasteiger partial charge in [-0.25, -0.2) is 17.5 Å². The lowest BCUT2D eigenvalue weighted by atomic mass is 9.70. The van der Waals surface area contributed by atoms with Gasteiger partial charge < -0.3 is 26.2 Å². The summed E-state index contributed by atoms with van der Waals surface area (Å²) < 4.78 is 28.0. The molecule has 1 saturated heterocycles. The van der Waals surface area contributed by atoms with E-state index in [0.717, 1.165) is 77.0 Å². The second-order valence-corrected chi connectivity index (χ2v) is 20.6. The van der Waals surface area contributed by atoms with Gasteiger partial charge in [-0.05, 0) is 80.5 Å². The second kappa shape index (κ2) is 14.5. The number of rotatable bonds is 14. The summed E-state index contributed by atoms with van der Waals surface area (Å²) in [5, 5.41) is 11.0. The summed E-state index contributed by atoms with van der Waals surface area (Å²) in [6.07, 6.45) is 11.8. The number of sulfonamides is 1. The topological polar surface area (TPSA) is 174 Å². The van der Waals surface area contributed by atoms with Gasteiger partial charge in [-0.3, -0.25) is 19.2 Å². The molecule has 0 aromatic rings. The van der Waals surface area contributed by atoms with Crippen LogP contribution in [-0.4, -0.2) is 103 Å². The molecular weight excluding hydrogens is 685 g/mol. The van der Waals surface area contributed by atoms with Gasteiger partial charge in [0.05, 0.1) is 16.8 Å². The third kappa shape index (κ3) is 7.75. The van der Waals surface area contributed by atoms with Crippen LogP contribution >= 0.6 is 0 Å². The molecule has 4 N–H and O–H groups in total. The van der Waals surface area contributed by atoms with E-state index in [9.17, 15) is 32.4 Å². The summed E-state index contributed by atoms with van der Waals surface area (Å²) in [4.78, 5) is 71.2. The van der Waals surface area contributed by atoms with Crippen molar-refractivity contribution in [3.05, 3.63) is 0 Å². The number of nitrogens with one attached hydrogen (secondary N) is 4. The number of amides is 5. The Morgan fingerprint density at radius 1 is 0.846 bits per heavy atom. The van der Waals surface area contributed by atoms with Gasteiger partial charge in [0.25, 0.3) is 5.91 Å². The van der Waals surface area contributed by atoms with Gasteiger partial charge in [-0.1, -0.05) is 72.1 Å². The number of likely N-dealkylation sites (tertiary alicyclic amines) is 1. The van der Waals surface area contributed by atoms with Crippen LogP contribution in [0.25, 0.3) is 0 Å². The zero-order valence-corrected chi connectivity index (χ0v) is 32.9. The highest BCUT2D eigenvalue weighted by Gasteiger charge is 2.70. The van der Waals surface area contributed by atoms with Gasteiger partial charge in [0, 0.05) is 26.7 Å². The van der Waals surface area contributed by atoms with Crippen molar-refractivity contribution in [2.45, 2.75) is 159 Å². The molecule has 6 fully saturated rings. The van der Waals surface area contributed by atoms with Crippen molar-refractivity contribution in [1.29, 1.82) is 0 Å². The molecule has 0 aromatic carbocycles. The van der Waals surface area contributed by atoms with E-state index in [4.69, 9.17) is 0 Å². The Balaban J connectivity index is 1.25. The lowest BCUT2D eigenvalue weighted by Crippen LogP contribution is -2.66. The molecule has 5 amide bonds. The van der Waals surface area contributed by atoms with Crippen LogP contribution in [0.1, 0.15) is 124 Å². The number of hydrogen-bond donors (Lipinski definition) is 4. The number of Topliss-reactive ketones (excluding diaryl/α,β-unsaturated/α-hetero) is 1. The Labute approximate surface area is 309 Å². The summed E-state index contributed by atoms with van der Waals surface area (Å²) in [6, 6.07) is -3.31. The van der Waals surface area contributed by atoms with Crippen LogP contribution < -0.4 is 21.3 Å². The molecule has 292 valence electrons. The minimum atomic E-state index is -3.71. The van der Waals surface area contributed by atoms with E-state index in [-0.39, 0.29) is 35.1 Å². The Hall–Kier alpha value is -2.74. The van der Waals surface area contributed by atoms with E-state index in [1.807, 2.05) is 6.92 Å². The number of fused-ring (bicyclic) bond motifs is 1. The number of urea groups is 1. The second-order valence-electron chi connectivity index (χ2n) is 18.2. The maximum absolute atomic E-state index is 14.9. The smallest absolute Gasteiger partial charge is 0.315 e. The predicted octanol–water partition coefficient (Wildman–Crippen LogP) is 3.22. The van der Waals surface area contributed by atoms with E-state index in [2.05, 4.69) is 35.1 Å². The van der Waals surface area contributed by atoms with Gasteiger partial charge in [0.1, 0.15) is 12.1 Å². The first-order valence-electron chi connectivity index (χ1n) is 19.9. The van der Waals surface area contributed by atoms with Crippen LogP contribution in [0.4, 0.5) is 4.79 Å². The molecule has 0 radical (unpaired) electrons. The van der Waals surface area contributed by atoms with Crippen LogP contribution in [0, 0.1) is 28.6 Å². The number of ketones is 1. The van der Waals surface area contributed by atoms with Crippen molar-refractivity contribution in [2.75, 3.05) is 20.6 Å². The van der Waals surface area contributed by atoms with Gasteiger partial charge in [0.15, 0.2) is 0 Å². The molecule has 0 aromatic heterocycles. The molecule has 6 atom stereocenters. The highest BCUT2D eigenvalue weighted by atomic mass is 32.2. The van der Waals surface area contributed by atoms with Crippen LogP contribution in [0.2, 0.25) is 0 Å². The maximum atomic E-state index is 14.9. The Morgan fingerprint density at radius 2 is 1.44 bits per heavy atom. The van der Waals surface area contributed by atoms with Gasteiger partial charge >= 0.3 is 6.03 Å². The zero-order chi connectivity index (χ0) is 37.8. The molecule has 0 spiro atoms. The fourth-order valence-electron chi connectivity index (χ4n) is 9.79. The third-order valence-electron chi connectivity index (χ3n) is 13.9.